The van der Waals surface area contributed by atoms with Crippen LogP contribution in [0.1, 0.15) is 51.4 Å². The molecule has 0 spiro atoms. The zero-order valence-corrected chi connectivity index (χ0v) is 13.8. The van der Waals surface area contributed by atoms with Gasteiger partial charge in [-0.1, -0.05) is 6.42 Å². The Kier molecular flexibility index (Phi) is 12.8. The Labute approximate surface area is 136 Å². The number of carboxylic acid groups (broad SMARTS) is 1. The molecular formula is C14H26Cl2N2O3. The molecule has 0 aliphatic heterocycles. The van der Waals surface area contributed by atoms with E-state index in [1.165, 1.54) is 0 Å². The molecule has 0 aliphatic rings. The smallest absolute Gasteiger partial charge is 0.320 e. The molecule has 0 saturated carbocycles. The van der Waals surface area contributed by atoms with Crippen molar-refractivity contribution in [2.75, 3.05) is 12.4 Å². The molecule has 0 heterocycles. The summed E-state index contributed by atoms with van der Waals surface area (Å²) >= 11 is 11.6. The van der Waals surface area contributed by atoms with Gasteiger partial charge in [-0.3, -0.25) is 9.59 Å². The van der Waals surface area contributed by atoms with E-state index in [1.54, 1.807) is 0 Å². The Morgan fingerprint density at radius 1 is 1.10 bits per heavy atom. The van der Waals surface area contributed by atoms with Gasteiger partial charge < -0.3 is 16.2 Å². The number of aliphatic carboxylic acids is 1. The third-order valence-electron chi connectivity index (χ3n) is 3.17. The number of carboxylic acids is 1. The molecule has 1 unspecified atom stereocenters. The molecule has 0 aromatic heterocycles. The molecule has 0 aliphatic carbocycles. The van der Waals surface area contributed by atoms with Gasteiger partial charge in [-0.15, -0.1) is 23.2 Å². The fourth-order valence-corrected chi connectivity index (χ4v) is 2.48. The predicted octanol–water partition coefficient (Wildman–Crippen LogP) is 2.48. The minimum Gasteiger partial charge on any atom is -0.480 e. The highest BCUT2D eigenvalue weighted by Gasteiger charge is 2.10. The molecule has 7 heteroatoms. The van der Waals surface area contributed by atoms with Crippen LogP contribution in [0.15, 0.2) is 0 Å². The van der Waals surface area contributed by atoms with Crippen molar-refractivity contribution in [2.45, 2.75) is 62.8 Å². The second kappa shape index (κ2) is 13.2. The normalized spacial score (nSPS) is 13.7. The van der Waals surface area contributed by atoms with E-state index in [9.17, 15) is 9.59 Å². The lowest BCUT2D eigenvalue weighted by Gasteiger charge is -2.08. The highest BCUT2D eigenvalue weighted by Crippen LogP contribution is 2.13. The van der Waals surface area contributed by atoms with Gasteiger partial charge in [0, 0.05) is 24.2 Å². The predicted molar refractivity (Wildman–Crippen MR) is 85.9 cm³/mol. The lowest BCUT2D eigenvalue weighted by atomic mass is 10.1. The molecule has 124 valence electrons. The number of nitrogens with two attached hydrogens (primary N) is 1. The van der Waals surface area contributed by atoms with Crippen molar-refractivity contribution >= 4 is 35.1 Å². The fraction of sp³-hybridized carbons (Fsp3) is 0.857. The highest BCUT2D eigenvalue weighted by molar-refractivity contribution is 6.22. The van der Waals surface area contributed by atoms with Crippen LogP contribution in [0.4, 0.5) is 0 Å². The molecule has 0 bridgehead atoms. The van der Waals surface area contributed by atoms with E-state index >= 15 is 0 Å². The van der Waals surface area contributed by atoms with E-state index in [4.69, 9.17) is 34.0 Å². The average molecular weight is 341 g/mol. The summed E-state index contributed by atoms with van der Waals surface area (Å²) in [6.45, 7) is 0.565. The Bertz CT molecular complexity index is 304. The molecule has 0 fully saturated rings. The van der Waals surface area contributed by atoms with Crippen LogP contribution in [0, 0.1) is 0 Å². The summed E-state index contributed by atoms with van der Waals surface area (Å²) in [5.74, 6) is -0.382. The Morgan fingerprint density at radius 2 is 1.76 bits per heavy atom. The Morgan fingerprint density at radius 3 is 2.38 bits per heavy atom. The number of carbonyl (C=O) groups excluding carboxylic acids is 1. The Hall–Kier alpha value is -0.520. The number of halogens is 2. The lowest BCUT2D eigenvalue weighted by molar-refractivity contribution is -0.138. The quantitative estimate of drug-likeness (QED) is 0.354. The molecule has 0 aromatic carbocycles. The van der Waals surface area contributed by atoms with Crippen molar-refractivity contribution in [1.29, 1.82) is 0 Å². The number of hydrogen-bond acceptors (Lipinski definition) is 3. The van der Waals surface area contributed by atoms with Gasteiger partial charge in [0.1, 0.15) is 6.04 Å². The SMILES string of the molecule is N[C@@H](CCCCNC(=O)CCCCC(Cl)CCCl)C(=O)O. The van der Waals surface area contributed by atoms with Gasteiger partial charge in [-0.05, 0) is 38.5 Å². The van der Waals surface area contributed by atoms with Crippen LogP contribution < -0.4 is 11.1 Å². The van der Waals surface area contributed by atoms with Crippen molar-refractivity contribution in [1.82, 2.24) is 5.32 Å². The summed E-state index contributed by atoms with van der Waals surface area (Å²) in [7, 11) is 0. The number of unbranched alkanes of at least 4 members (excludes halogenated alkanes) is 2. The van der Waals surface area contributed by atoms with Gasteiger partial charge in [0.05, 0.1) is 0 Å². The second-order valence-corrected chi connectivity index (χ2v) is 6.11. The van der Waals surface area contributed by atoms with Gasteiger partial charge >= 0.3 is 5.97 Å². The first-order valence-electron chi connectivity index (χ1n) is 7.42. The molecule has 5 nitrogen and oxygen atoms in total. The van der Waals surface area contributed by atoms with E-state index < -0.39 is 12.0 Å². The number of rotatable bonds is 13. The summed E-state index contributed by atoms with van der Waals surface area (Å²) in [5, 5.41) is 11.5. The molecule has 0 aromatic rings. The number of alkyl halides is 2. The first-order chi connectivity index (χ1) is 9.97. The molecule has 1 amide bonds. The lowest BCUT2D eigenvalue weighted by Crippen LogP contribution is -2.30. The van der Waals surface area contributed by atoms with Gasteiger partial charge in [0.25, 0.3) is 0 Å². The largest absolute Gasteiger partial charge is 0.480 e. The van der Waals surface area contributed by atoms with Gasteiger partial charge in [-0.2, -0.15) is 0 Å². The molecule has 0 radical (unpaired) electrons. The summed E-state index contributed by atoms with van der Waals surface area (Å²) < 4.78 is 0. The maximum atomic E-state index is 11.5. The number of carbonyl (C=O) groups is 2. The molecule has 0 saturated heterocycles. The van der Waals surface area contributed by atoms with Crippen molar-refractivity contribution in [3.63, 3.8) is 0 Å². The molecule has 21 heavy (non-hydrogen) atoms. The van der Waals surface area contributed by atoms with E-state index in [1.807, 2.05) is 0 Å². The minimum absolute atomic E-state index is 0.0287. The van der Waals surface area contributed by atoms with E-state index in [-0.39, 0.29) is 11.3 Å². The Balaban J connectivity index is 3.41. The standard InChI is InChI=1S/C14H26Cl2N2O3/c15-9-8-11(16)5-1-2-7-13(19)18-10-4-3-6-12(17)14(20)21/h11-12H,1-10,17H2,(H,18,19)(H,20,21)/t11?,12-/m0/s1. The van der Waals surface area contributed by atoms with Crippen LogP contribution >= 0.6 is 23.2 Å². The maximum absolute atomic E-state index is 11.5. The van der Waals surface area contributed by atoms with Crippen LogP contribution in [-0.4, -0.2) is 40.8 Å². The number of amides is 1. The summed E-state index contributed by atoms with van der Waals surface area (Å²) in [6.07, 6.45) is 5.80. The monoisotopic (exact) mass is 340 g/mol. The van der Waals surface area contributed by atoms with Crippen LogP contribution in [0.25, 0.3) is 0 Å². The van der Waals surface area contributed by atoms with Crippen molar-refractivity contribution in [3.05, 3.63) is 0 Å². The van der Waals surface area contributed by atoms with E-state index in [0.717, 1.165) is 32.1 Å². The third kappa shape index (κ3) is 12.9. The van der Waals surface area contributed by atoms with Crippen LogP contribution in [0.2, 0.25) is 0 Å². The molecule has 0 rings (SSSR count). The topological polar surface area (TPSA) is 92.4 Å². The molecule has 2 atom stereocenters. The first-order valence-corrected chi connectivity index (χ1v) is 8.39. The number of nitrogens with one attached hydrogen (secondary N) is 1. The van der Waals surface area contributed by atoms with Gasteiger partial charge in [0.2, 0.25) is 5.91 Å². The minimum atomic E-state index is -0.981. The van der Waals surface area contributed by atoms with Crippen molar-refractivity contribution in [3.8, 4) is 0 Å². The van der Waals surface area contributed by atoms with Crippen LogP contribution in [0.5, 0.6) is 0 Å². The zero-order valence-electron chi connectivity index (χ0n) is 12.3. The highest BCUT2D eigenvalue weighted by atomic mass is 35.5. The summed E-state index contributed by atoms with van der Waals surface area (Å²) in [4.78, 5) is 22.0. The molecular weight excluding hydrogens is 315 g/mol. The van der Waals surface area contributed by atoms with E-state index in [2.05, 4.69) is 5.32 Å². The van der Waals surface area contributed by atoms with Crippen molar-refractivity contribution < 1.29 is 14.7 Å². The first kappa shape index (κ1) is 20.5. The van der Waals surface area contributed by atoms with Crippen LogP contribution in [0.3, 0.4) is 0 Å². The maximum Gasteiger partial charge on any atom is 0.320 e. The summed E-state index contributed by atoms with van der Waals surface area (Å²) in [5.41, 5.74) is 5.38. The van der Waals surface area contributed by atoms with Gasteiger partial charge in [-0.25, -0.2) is 0 Å². The van der Waals surface area contributed by atoms with Gasteiger partial charge in [0.15, 0.2) is 0 Å². The van der Waals surface area contributed by atoms with E-state index in [0.29, 0.717) is 31.7 Å². The second-order valence-electron chi connectivity index (χ2n) is 5.11. The zero-order chi connectivity index (χ0) is 16.1. The fourth-order valence-electron chi connectivity index (χ4n) is 1.84. The third-order valence-corrected chi connectivity index (χ3v) is 3.83. The van der Waals surface area contributed by atoms with Crippen molar-refractivity contribution in [2.24, 2.45) is 5.73 Å². The summed E-state index contributed by atoms with van der Waals surface area (Å²) in [6, 6.07) is -0.808. The molecule has 4 N–H and O–H groups in total. The number of hydrogen-bond donors (Lipinski definition) is 3. The average Bonchev–Trinajstić information content (AvgIpc) is 2.43. The van der Waals surface area contributed by atoms with Crippen LogP contribution in [-0.2, 0) is 9.59 Å².